The van der Waals surface area contributed by atoms with Gasteiger partial charge in [0.2, 0.25) is 11.8 Å². The maximum atomic E-state index is 12.5. The van der Waals surface area contributed by atoms with E-state index >= 15 is 0 Å². The zero-order valence-corrected chi connectivity index (χ0v) is 19.8. The first kappa shape index (κ1) is 25.1. The number of methoxy groups -OCH3 is 2. The Bertz CT molecular complexity index is 987. The summed E-state index contributed by atoms with van der Waals surface area (Å²) in [4.78, 5) is 37.2. The number of rotatable bonds is 10. The molecule has 1 saturated carbocycles. The van der Waals surface area contributed by atoms with Gasteiger partial charge in [0.15, 0.2) is 0 Å². The number of hydrogen-bond donors (Lipinski definition) is 3. The minimum atomic E-state index is -0.288. The highest BCUT2D eigenvalue weighted by molar-refractivity contribution is 6.05. The molecule has 3 N–H and O–H groups in total. The molecular formula is C26H33N3O5. The standard InChI is InChI=1S/C26H33N3O5/c1-33-22-17-21(29-26(32)18-10-5-3-6-11-18)23(34-2)16-20(22)28-25(31)15-9-14-24(30)27-19-12-7-4-8-13-19/h3,5-6,10-11,16-17,19H,4,7-9,12-15H2,1-2H3,(H,27,30)(H,28,31)(H,29,32). The van der Waals surface area contributed by atoms with Crippen molar-refractivity contribution in [3.63, 3.8) is 0 Å². The van der Waals surface area contributed by atoms with Gasteiger partial charge in [-0.2, -0.15) is 0 Å². The van der Waals surface area contributed by atoms with E-state index < -0.39 is 0 Å². The van der Waals surface area contributed by atoms with Crippen molar-refractivity contribution in [2.24, 2.45) is 0 Å². The molecule has 0 aromatic heterocycles. The van der Waals surface area contributed by atoms with Crippen LogP contribution in [0.5, 0.6) is 11.5 Å². The van der Waals surface area contributed by atoms with Crippen LogP contribution in [0.1, 0.15) is 61.7 Å². The largest absolute Gasteiger partial charge is 0.494 e. The van der Waals surface area contributed by atoms with Crippen LogP contribution in [-0.4, -0.2) is 38.0 Å². The van der Waals surface area contributed by atoms with E-state index in [1.807, 2.05) is 6.07 Å². The zero-order chi connectivity index (χ0) is 24.3. The molecule has 1 aliphatic carbocycles. The Hall–Kier alpha value is -3.55. The summed E-state index contributed by atoms with van der Waals surface area (Å²) in [6.45, 7) is 0. The van der Waals surface area contributed by atoms with Crippen LogP contribution in [0.3, 0.4) is 0 Å². The maximum Gasteiger partial charge on any atom is 0.255 e. The second kappa shape index (κ2) is 12.6. The van der Waals surface area contributed by atoms with Crippen molar-refractivity contribution in [2.45, 2.75) is 57.4 Å². The quantitative estimate of drug-likeness (QED) is 0.477. The fourth-order valence-electron chi connectivity index (χ4n) is 4.05. The van der Waals surface area contributed by atoms with Crippen LogP contribution in [0.4, 0.5) is 11.4 Å². The minimum absolute atomic E-state index is 0.00235. The lowest BCUT2D eigenvalue weighted by Crippen LogP contribution is -2.36. The van der Waals surface area contributed by atoms with E-state index in [2.05, 4.69) is 16.0 Å². The van der Waals surface area contributed by atoms with Gasteiger partial charge in [-0.3, -0.25) is 14.4 Å². The molecule has 0 unspecified atom stereocenters. The summed E-state index contributed by atoms with van der Waals surface area (Å²) < 4.78 is 10.8. The number of anilines is 2. The number of hydrogen-bond acceptors (Lipinski definition) is 5. The maximum absolute atomic E-state index is 12.5. The molecule has 182 valence electrons. The Morgan fingerprint density at radius 2 is 1.41 bits per heavy atom. The summed E-state index contributed by atoms with van der Waals surface area (Å²) in [7, 11) is 2.96. The van der Waals surface area contributed by atoms with Crippen LogP contribution in [0.25, 0.3) is 0 Å². The molecule has 0 radical (unpaired) electrons. The van der Waals surface area contributed by atoms with E-state index in [-0.39, 0.29) is 30.2 Å². The number of nitrogens with one attached hydrogen (secondary N) is 3. The van der Waals surface area contributed by atoms with E-state index in [9.17, 15) is 14.4 Å². The second-order valence-corrected chi connectivity index (χ2v) is 8.38. The third-order valence-corrected chi connectivity index (χ3v) is 5.86. The average molecular weight is 468 g/mol. The lowest BCUT2D eigenvalue weighted by atomic mass is 9.95. The van der Waals surface area contributed by atoms with Gasteiger partial charge in [0.05, 0.1) is 25.6 Å². The smallest absolute Gasteiger partial charge is 0.255 e. The van der Waals surface area contributed by atoms with Crippen LogP contribution in [0, 0.1) is 0 Å². The number of carbonyl (C=O) groups excluding carboxylic acids is 3. The number of carbonyl (C=O) groups is 3. The van der Waals surface area contributed by atoms with Crippen LogP contribution in [0.2, 0.25) is 0 Å². The predicted molar refractivity (Wildman–Crippen MR) is 131 cm³/mol. The summed E-state index contributed by atoms with van der Waals surface area (Å²) in [5, 5.41) is 8.69. The van der Waals surface area contributed by atoms with E-state index in [0.29, 0.717) is 41.3 Å². The zero-order valence-electron chi connectivity index (χ0n) is 19.8. The van der Waals surface area contributed by atoms with E-state index in [0.717, 1.165) is 25.7 Å². The van der Waals surface area contributed by atoms with Gasteiger partial charge in [0.25, 0.3) is 5.91 Å². The van der Waals surface area contributed by atoms with E-state index in [4.69, 9.17) is 9.47 Å². The molecule has 0 spiro atoms. The van der Waals surface area contributed by atoms with E-state index in [1.54, 1.807) is 36.4 Å². The van der Waals surface area contributed by atoms with Gasteiger partial charge in [-0.05, 0) is 31.4 Å². The van der Waals surface area contributed by atoms with Crippen LogP contribution < -0.4 is 25.4 Å². The Kier molecular flexibility index (Phi) is 9.31. The molecule has 1 aliphatic rings. The van der Waals surface area contributed by atoms with Crippen LogP contribution in [0.15, 0.2) is 42.5 Å². The van der Waals surface area contributed by atoms with Crippen molar-refractivity contribution >= 4 is 29.1 Å². The molecule has 8 nitrogen and oxygen atoms in total. The molecule has 3 amide bonds. The van der Waals surface area contributed by atoms with Gasteiger partial charge in [-0.1, -0.05) is 37.5 Å². The highest BCUT2D eigenvalue weighted by Gasteiger charge is 2.18. The van der Waals surface area contributed by atoms with Crippen molar-refractivity contribution in [1.29, 1.82) is 0 Å². The summed E-state index contributed by atoms with van der Waals surface area (Å²) in [6, 6.07) is 12.3. The Labute approximate surface area is 200 Å². The molecule has 0 atom stereocenters. The molecule has 0 heterocycles. The average Bonchev–Trinajstić information content (AvgIpc) is 2.85. The monoisotopic (exact) mass is 467 g/mol. The number of benzene rings is 2. The molecule has 8 heteroatoms. The SMILES string of the molecule is COc1cc(NC(=O)c2ccccc2)c(OC)cc1NC(=O)CCCC(=O)NC1CCCCC1. The van der Waals surface area contributed by atoms with Crippen LogP contribution >= 0.6 is 0 Å². The topological polar surface area (TPSA) is 106 Å². The molecule has 0 saturated heterocycles. The molecule has 3 rings (SSSR count). The summed E-state index contributed by atoms with van der Waals surface area (Å²) in [5.74, 6) is 0.244. The fraction of sp³-hybridized carbons (Fsp3) is 0.423. The van der Waals surface area contributed by atoms with Gasteiger partial charge in [-0.15, -0.1) is 0 Å². The molecule has 2 aromatic rings. The molecule has 34 heavy (non-hydrogen) atoms. The van der Waals surface area contributed by atoms with Crippen LogP contribution in [-0.2, 0) is 9.59 Å². The lowest BCUT2D eigenvalue weighted by molar-refractivity contribution is -0.122. The minimum Gasteiger partial charge on any atom is -0.494 e. The van der Waals surface area contributed by atoms with Gasteiger partial charge >= 0.3 is 0 Å². The van der Waals surface area contributed by atoms with Gasteiger partial charge < -0.3 is 25.4 Å². The number of amides is 3. The normalized spacial score (nSPS) is 13.6. The molecule has 2 aromatic carbocycles. The molecule has 0 bridgehead atoms. The first-order valence-electron chi connectivity index (χ1n) is 11.7. The summed E-state index contributed by atoms with van der Waals surface area (Å²) in [6.07, 6.45) is 6.60. The van der Waals surface area contributed by atoms with Gasteiger partial charge in [0, 0.05) is 36.6 Å². The summed E-state index contributed by atoms with van der Waals surface area (Å²) in [5.41, 5.74) is 1.35. The van der Waals surface area contributed by atoms with Crippen molar-refractivity contribution < 1.29 is 23.9 Å². The predicted octanol–water partition coefficient (Wildman–Crippen LogP) is 4.51. The molecular weight excluding hydrogens is 434 g/mol. The fourth-order valence-corrected chi connectivity index (χ4v) is 4.05. The van der Waals surface area contributed by atoms with Crippen molar-refractivity contribution in [1.82, 2.24) is 5.32 Å². The highest BCUT2D eigenvalue weighted by atomic mass is 16.5. The molecule has 1 fully saturated rings. The van der Waals surface area contributed by atoms with E-state index in [1.165, 1.54) is 20.6 Å². The number of ether oxygens (including phenoxy) is 2. The Morgan fingerprint density at radius 3 is 2.03 bits per heavy atom. The first-order valence-corrected chi connectivity index (χ1v) is 11.7. The third-order valence-electron chi connectivity index (χ3n) is 5.86. The second-order valence-electron chi connectivity index (χ2n) is 8.38. The Balaban J connectivity index is 1.56. The Morgan fingerprint density at radius 1 is 0.824 bits per heavy atom. The van der Waals surface area contributed by atoms with Gasteiger partial charge in [0.1, 0.15) is 11.5 Å². The highest BCUT2D eigenvalue weighted by Crippen LogP contribution is 2.36. The van der Waals surface area contributed by atoms with Crippen molar-refractivity contribution in [3.05, 3.63) is 48.0 Å². The lowest BCUT2D eigenvalue weighted by Gasteiger charge is -2.22. The molecule has 0 aliphatic heterocycles. The summed E-state index contributed by atoms with van der Waals surface area (Å²) >= 11 is 0. The third kappa shape index (κ3) is 7.23. The van der Waals surface area contributed by atoms with Crippen molar-refractivity contribution in [2.75, 3.05) is 24.9 Å². The first-order chi connectivity index (χ1) is 16.5. The van der Waals surface area contributed by atoms with Gasteiger partial charge in [-0.25, -0.2) is 0 Å². The van der Waals surface area contributed by atoms with Crippen molar-refractivity contribution in [3.8, 4) is 11.5 Å².